The maximum absolute atomic E-state index is 14.1. The second kappa shape index (κ2) is 12.0. The molecule has 0 aromatic rings. The van der Waals surface area contributed by atoms with Gasteiger partial charge in [0.1, 0.15) is 0 Å². The van der Waals surface area contributed by atoms with Gasteiger partial charge in [-0.15, -0.1) is 23.2 Å². The van der Waals surface area contributed by atoms with Gasteiger partial charge in [-0.25, -0.2) is 14.4 Å². The van der Waals surface area contributed by atoms with Crippen LogP contribution < -0.4 is 5.09 Å². The van der Waals surface area contributed by atoms with Crippen molar-refractivity contribution in [2.24, 2.45) is 5.92 Å². The lowest BCUT2D eigenvalue weighted by Gasteiger charge is -2.43. The summed E-state index contributed by atoms with van der Waals surface area (Å²) >= 11 is 12.0. The summed E-state index contributed by atoms with van der Waals surface area (Å²) in [6.07, 6.45) is 3.11. The van der Waals surface area contributed by atoms with Crippen molar-refractivity contribution in [1.82, 2.24) is 14.4 Å². The number of nitrogens with zero attached hydrogens (tertiary/aromatic N) is 2. The fraction of sp³-hybridized carbons (Fsp3) is 0.941. The molecule has 0 radical (unpaired) electrons. The summed E-state index contributed by atoms with van der Waals surface area (Å²) in [4.78, 5) is 12.0. The summed E-state index contributed by atoms with van der Waals surface area (Å²) in [5.74, 6) is 0.621. The molecule has 2 fully saturated rings. The normalized spacial score (nSPS) is 26.7. The van der Waals surface area contributed by atoms with Gasteiger partial charge in [-0.05, 0) is 32.6 Å². The minimum absolute atomic E-state index is 0.0486. The summed E-state index contributed by atoms with van der Waals surface area (Å²) in [7, 11) is -3.01. The standard InChI is InChI=1S/C17H32Cl2N3O4P/c1-2-26-17(23)15-3-5-16(6-4-15)20-27(24,21(9-7-18)10-8-19)22-11-13-25-14-12-22/h15-16H,2-14H2,1H3,(H,20,24). The van der Waals surface area contributed by atoms with Crippen molar-refractivity contribution in [3.63, 3.8) is 0 Å². The first-order valence-electron chi connectivity index (χ1n) is 9.80. The highest BCUT2D eigenvalue weighted by Crippen LogP contribution is 2.51. The third-order valence-electron chi connectivity index (χ3n) is 5.14. The highest BCUT2D eigenvalue weighted by atomic mass is 35.5. The van der Waals surface area contributed by atoms with Crippen molar-refractivity contribution < 1.29 is 18.8 Å². The van der Waals surface area contributed by atoms with Gasteiger partial charge in [-0.2, -0.15) is 0 Å². The molecule has 7 nitrogen and oxygen atoms in total. The molecule has 1 saturated carbocycles. The zero-order valence-electron chi connectivity index (χ0n) is 16.1. The molecular weight excluding hydrogens is 412 g/mol. The van der Waals surface area contributed by atoms with Crippen molar-refractivity contribution in [2.75, 3.05) is 57.8 Å². The van der Waals surface area contributed by atoms with Crippen LogP contribution in [-0.4, -0.2) is 79.1 Å². The first kappa shape index (κ1) is 23.4. The van der Waals surface area contributed by atoms with E-state index in [-0.39, 0.29) is 17.9 Å². The summed E-state index contributed by atoms with van der Waals surface area (Å²) in [6, 6.07) is 0.0949. The Balaban J connectivity index is 2.05. The number of alkyl halides is 2. The maximum Gasteiger partial charge on any atom is 0.308 e. The molecule has 0 amide bonds. The van der Waals surface area contributed by atoms with Gasteiger partial charge in [0.05, 0.1) is 25.7 Å². The number of hydrogen-bond acceptors (Lipinski definition) is 4. The molecule has 1 heterocycles. The lowest BCUT2D eigenvalue weighted by Crippen LogP contribution is -2.48. The molecule has 10 heteroatoms. The number of halogens is 2. The third-order valence-corrected chi connectivity index (χ3v) is 8.51. The van der Waals surface area contributed by atoms with E-state index < -0.39 is 7.59 Å². The van der Waals surface area contributed by atoms with Crippen LogP contribution in [0.5, 0.6) is 0 Å². The first-order valence-corrected chi connectivity index (χ1v) is 12.5. The Morgan fingerprint density at radius 2 is 1.78 bits per heavy atom. The highest BCUT2D eigenvalue weighted by Gasteiger charge is 2.40. The monoisotopic (exact) mass is 443 g/mol. The van der Waals surface area contributed by atoms with Gasteiger partial charge in [-0.1, -0.05) is 0 Å². The van der Waals surface area contributed by atoms with E-state index in [2.05, 4.69) is 5.09 Å². The van der Waals surface area contributed by atoms with Crippen LogP contribution in [0.3, 0.4) is 0 Å². The molecule has 27 heavy (non-hydrogen) atoms. The molecule has 2 rings (SSSR count). The van der Waals surface area contributed by atoms with Crippen molar-refractivity contribution in [3.05, 3.63) is 0 Å². The van der Waals surface area contributed by atoms with E-state index in [1.807, 2.05) is 16.3 Å². The average molecular weight is 444 g/mol. The van der Waals surface area contributed by atoms with Gasteiger partial charge in [0.15, 0.2) is 0 Å². The predicted molar refractivity (Wildman–Crippen MR) is 109 cm³/mol. The van der Waals surface area contributed by atoms with Crippen LogP contribution in [0.25, 0.3) is 0 Å². The molecule has 0 aromatic heterocycles. The number of ether oxygens (including phenoxy) is 2. The van der Waals surface area contributed by atoms with E-state index in [0.29, 0.717) is 57.8 Å². The lowest BCUT2D eigenvalue weighted by molar-refractivity contribution is -0.149. The second-order valence-electron chi connectivity index (χ2n) is 6.87. The van der Waals surface area contributed by atoms with Crippen molar-refractivity contribution in [3.8, 4) is 0 Å². The lowest BCUT2D eigenvalue weighted by atomic mass is 9.86. The molecule has 1 atom stereocenters. The van der Waals surface area contributed by atoms with E-state index in [1.54, 1.807) is 0 Å². The van der Waals surface area contributed by atoms with Crippen LogP contribution in [0.15, 0.2) is 0 Å². The topological polar surface area (TPSA) is 71.1 Å². The largest absolute Gasteiger partial charge is 0.466 e. The van der Waals surface area contributed by atoms with Crippen LogP contribution in [0, 0.1) is 5.92 Å². The fourth-order valence-electron chi connectivity index (χ4n) is 3.70. The first-order chi connectivity index (χ1) is 13.0. The predicted octanol–water partition coefficient (Wildman–Crippen LogP) is 2.92. The molecule has 1 N–H and O–H groups in total. The maximum atomic E-state index is 14.1. The van der Waals surface area contributed by atoms with Crippen LogP contribution in [0.2, 0.25) is 0 Å². The minimum Gasteiger partial charge on any atom is -0.466 e. The van der Waals surface area contributed by atoms with E-state index in [1.165, 1.54) is 0 Å². The SMILES string of the molecule is CCOC(=O)C1CCC(NP(=O)(N(CCCl)CCCl)N2CCOCC2)CC1. The number of morpholine rings is 1. The van der Waals surface area contributed by atoms with Crippen LogP contribution in [0.1, 0.15) is 32.6 Å². The highest BCUT2D eigenvalue weighted by molar-refractivity contribution is 7.57. The molecular formula is C17H32Cl2N3O4P. The number of carbonyl (C=O) groups excluding carboxylic acids is 1. The Hall–Kier alpha value is 0.120. The van der Waals surface area contributed by atoms with Crippen LogP contribution >= 0.6 is 30.8 Å². The Bertz CT molecular complexity index is 495. The fourth-order valence-corrected chi connectivity index (χ4v) is 7.21. The zero-order chi connectivity index (χ0) is 19.7. The van der Waals surface area contributed by atoms with Crippen molar-refractivity contribution in [2.45, 2.75) is 38.6 Å². The van der Waals surface area contributed by atoms with Gasteiger partial charge < -0.3 is 9.47 Å². The van der Waals surface area contributed by atoms with E-state index >= 15 is 0 Å². The number of nitrogens with one attached hydrogen (secondary N) is 1. The van der Waals surface area contributed by atoms with Crippen molar-refractivity contribution in [1.29, 1.82) is 0 Å². The molecule has 1 unspecified atom stereocenters. The van der Waals surface area contributed by atoms with Gasteiger partial charge in [0, 0.05) is 44.0 Å². The van der Waals surface area contributed by atoms with E-state index in [9.17, 15) is 9.36 Å². The quantitative estimate of drug-likeness (QED) is 0.316. The second-order valence-corrected chi connectivity index (χ2v) is 10.1. The molecule has 1 aliphatic heterocycles. The Morgan fingerprint density at radius 1 is 1.19 bits per heavy atom. The number of esters is 1. The molecule has 2 aliphatic rings. The summed E-state index contributed by atoms with van der Waals surface area (Å²) < 4.78 is 28.6. The van der Waals surface area contributed by atoms with Crippen LogP contribution in [0.4, 0.5) is 0 Å². The summed E-state index contributed by atoms with van der Waals surface area (Å²) in [5.41, 5.74) is 0. The van der Waals surface area contributed by atoms with Gasteiger partial charge in [-0.3, -0.25) is 9.36 Å². The number of rotatable bonds is 10. The Labute approximate surface area is 172 Å². The average Bonchev–Trinajstić information content (AvgIpc) is 2.69. The van der Waals surface area contributed by atoms with Crippen molar-refractivity contribution >= 4 is 36.8 Å². The zero-order valence-corrected chi connectivity index (χ0v) is 18.5. The molecule has 1 aliphatic carbocycles. The summed E-state index contributed by atoms with van der Waals surface area (Å²) in [5, 5.41) is 3.45. The Morgan fingerprint density at radius 3 is 2.30 bits per heavy atom. The smallest absolute Gasteiger partial charge is 0.308 e. The molecule has 0 aromatic carbocycles. The molecule has 0 spiro atoms. The van der Waals surface area contributed by atoms with E-state index in [4.69, 9.17) is 32.7 Å². The molecule has 1 saturated heterocycles. The third kappa shape index (κ3) is 6.56. The minimum atomic E-state index is -3.01. The van der Waals surface area contributed by atoms with Gasteiger partial charge >= 0.3 is 5.97 Å². The van der Waals surface area contributed by atoms with Gasteiger partial charge in [0.25, 0.3) is 7.59 Å². The molecule has 158 valence electrons. The van der Waals surface area contributed by atoms with Crippen LogP contribution in [-0.2, 0) is 18.8 Å². The van der Waals surface area contributed by atoms with Gasteiger partial charge in [0.2, 0.25) is 0 Å². The summed E-state index contributed by atoms with van der Waals surface area (Å²) in [6.45, 7) is 5.62. The molecule has 0 bridgehead atoms. The van der Waals surface area contributed by atoms with E-state index in [0.717, 1.165) is 25.7 Å². The number of hydrogen-bond donors (Lipinski definition) is 1. The number of carbonyl (C=O) groups is 1. The Kier molecular flexibility index (Phi) is 10.4.